The molecule has 0 saturated carbocycles. The molecule has 1 aliphatic heterocycles. The highest BCUT2D eigenvalue weighted by Crippen LogP contribution is 2.34. The fraction of sp³-hybridized carbons (Fsp3) is 0.250. The first-order valence-corrected chi connectivity index (χ1v) is 6.56. The van der Waals surface area contributed by atoms with Gasteiger partial charge in [-0.05, 0) is 48.9 Å². The number of methoxy groups -OCH3 is 1. The van der Waals surface area contributed by atoms with Gasteiger partial charge in [-0.15, -0.1) is 0 Å². The maximum Gasteiger partial charge on any atom is 0.231 e. The van der Waals surface area contributed by atoms with Crippen LogP contribution in [0.2, 0.25) is 0 Å². The van der Waals surface area contributed by atoms with Crippen molar-refractivity contribution in [2.75, 3.05) is 19.2 Å². The first-order valence-electron chi connectivity index (χ1n) is 6.56. The topological polar surface area (TPSA) is 39.7 Å². The Kier molecular flexibility index (Phi) is 3.37. The number of hydrogen-bond acceptors (Lipinski definition) is 4. The number of ether oxygens (including phenoxy) is 3. The number of anilines is 1. The fourth-order valence-corrected chi connectivity index (χ4v) is 2.20. The number of hydrogen-bond donors (Lipinski definition) is 1. The van der Waals surface area contributed by atoms with Crippen molar-refractivity contribution in [3.8, 4) is 17.2 Å². The Morgan fingerprint density at radius 3 is 2.55 bits per heavy atom. The zero-order valence-electron chi connectivity index (χ0n) is 11.6. The molecule has 4 nitrogen and oxygen atoms in total. The Balaban J connectivity index is 1.73. The van der Waals surface area contributed by atoms with Crippen molar-refractivity contribution >= 4 is 5.69 Å². The summed E-state index contributed by atoms with van der Waals surface area (Å²) in [7, 11) is 1.66. The number of fused-ring (bicyclic) bond motifs is 1. The highest BCUT2D eigenvalue weighted by atomic mass is 16.7. The van der Waals surface area contributed by atoms with E-state index in [1.54, 1.807) is 7.11 Å². The van der Waals surface area contributed by atoms with Crippen molar-refractivity contribution in [1.82, 2.24) is 0 Å². The van der Waals surface area contributed by atoms with Crippen LogP contribution in [-0.4, -0.2) is 13.9 Å². The van der Waals surface area contributed by atoms with Gasteiger partial charge in [-0.3, -0.25) is 0 Å². The maximum absolute atomic E-state index is 5.40. The molecule has 104 valence electrons. The molecule has 0 fully saturated rings. The minimum absolute atomic E-state index is 0.179. The summed E-state index contributed by atoms with van der Waals surface area (Å²) in [6.07, 6.45) is 0. The highest BCUT2D eigenvalue weighted by Gasteiger charge is 2.15. The van der Waals surface area contributed by atoms with Gasteiger partial charge in [-0.25, -0.2) is 0 Å². The first kappa shape index (κ1) is 12.7. The lowest BCUT2D eigenvalue weighted by atomic mass is 10.1. The molecule has 0 saturated heterocycles. The fourth-order valence-electron chi connectivity index (χ4n) is 2.20. The Morgan fingerprint density at radius 2 is 1.80 bits per heavy atom. The van der Waals surface area contributed by atoms with E-state index in [1.807, 2.05) is 36.4 Å². The molecule has 0 spiro atoms. The van der Waals surface area contributed by atoms with Gasteiger partial charge in [0.05, 0.1) is 7.11 Å². The molecule has 4 heteroatoms. The monoisotopic (exact) mass is 271 g/mol. The quantitative estimate of drug-likeness (QED) is 0.922. The molecule has 1 atom stereocenters. The van der Waals surface area contributed by atoms with Gasteiger partial charge in [0.2, 0.25) is 6.79 Å². The normalized spacial score (nSPS) is 13.9. The average molecular weight is 271 g/mol. The molecule has 2 aromatic rings. The lowest BCUT2D eigenvalue weighted by molar-refractivity contribution is 0.174. The molecule has 2 aromatic carbocycles. The summed E-state index contributed by atoms with van der Waals surface area (Å²) in [5, 5.41) is 3.45. The average Bonchev–Trinajstić information content (AvgIpc) is 2.95. The van der Waals surface area contributed by atoms with Crippen molar-refractivity contribution in [1.29, 1.82) is 0 Å². The van der Waals surface area contributed by atoms with Crippen LogP contribution >= 0.6 is 0 Å². The van der Waals surface area contributed by atoms with Crippen LogP contribution in [-0.2, 0) is 0 Å². The zero-order chi connectivity index (χ0) is 13.9. The second-order valence-corrected chi connectivity index (χ2v) is 4.71. The van der Waals surface area contributed by atoms with Crippen LogP contribution in [0.4, 0.5) is 5.69 Å². The van der Waals surface area contributed by atoms with Gasteiger partial charge in [-0.2, -0.15) is 0 Å². The van der Waals surface area contributed by atoms with Gasteiger partial charge in [-0.1, -0.05) is 6.07 Å². The molecule has 0 aromatic heterocycles. The molecule has 0 aliphatic carbocycles. The molecule has 1 aliphatic rings. The van der Waals surface area contributed by atoms with Crippen LogP contribution in [0.3, 0.4) is 0 Å². The molecular weight excluding hydrogens is 254 g/mol. The summed E-state index contributed by atoms with van der Waals surface area (Å²) < 4.78 is 15.9. The maximum atomic E-state index is 5.40. The minimum atomic E-state index is 0.179. The van der Waals surface area contributed by atoms with Gasteiger partial charge in [0, 0.05) is 11.7 Å². The SMILES string of the molecule is COc1ccc(NC(C)c2ccc3c(c2)OCO3)cc1. The van der Waals surface area contributed by atoms with E-state index in [4.69, 9.17) is 14.2 Å². The van der Waals surface area contributed by atoms with Crippen molar-refractivity contribution < 1.29 is 14.2 Å². The van der Waals surface area contributed by atoms with Crippen molar-refractivity contribution in [2.24, 2.45) is 0 Å². The van der Waals surface area contributed by atoms with E-state index in [-0.39, 0.29) is 6.04 Å². The molecular formula is C16H17NO3. The van der Waals surface area contributed by atoms with Gasteiger partial charge in [0.1, 0.15) is 5.75 Å². The molecule has 1 N–H and O–H groups in total. The van der Waals surface area contributed by atoms with Gasteiger partial charge >= 0.3 is 0 Å². The third-order valence-corrected chi connectivity index (χ3v) is 3.37. The van der Waals surface area contributed by atoms with Crippen LogP contribution in [0.5, 0.6) is 17.2 Å². The molecule has 0 bridgehead atoms. The van der Waals surface area contributed by atoms with E-state index in [2.05, 4.69) is 18.3 Å². The smallest absolute Gasteiger partial charge is 0.231 e. The Labute approximate surface area is 118 Å². The standard InChI is InChI=1S/C16H17NO3/c1-11(17-13-4-6-14(18-2)7-5-13)12-3-8-15-16(9-12)20-10-19-15/h3-9,11,17H,10H2,1-2H3. The van der Waals surface area contributed by atoms with E-state index in [1.165, 1.54) is 0 Å². The third-order valence-electron chi connectivity index (χ3n) is 3.37. The second-order valence-electron chi connectivity index (χ2n) is 4.71. The van der Waals surface area contributed by atoms with E-state index in [9.17, 15) is 0 Å². The van der Waals surface area contributed by atoms with Crippen molar-refractivity contribution in [3.05, 3.63) is 48.0 Å². The minimum Gasteiger partial charge on any atom is -0.497 e. The molecule has 1 heterocycles. The Hall–Kier alpha value is -2.36. The van der Waals surface area contributed by atoms with Gasteiger partial charge in [0.15, 0.2) is 11.5 Å². The number of rotatable bonds is 4. The second kappa shape index (κ2) is 5.33. The number of benzene rings is 2. The summed E-state index contributed by atoms with van der Waals surface area (Å²) >= 11 is 0. The summed E-state index contributed by atoms with van der Waals surface area (Å²) in [5.74, 6) is 2.47. The van der Waals surface area contributed by atoms with E-state index in [0.29, 0.717) is 6.79 Å². The van der Waals surface area contributed by atoms with Crippen LogP contribution < -0.4 is 19.5 Å². The largest absolute Gasteiger partial charge is 0.497 e. The Bertz CT molecular complexity index is 595. The van der Waals surface area contributed by atoms with Gasteiger partial charge < -0.3 is 19.5 Å². The van der Waals surface area contributed by atoms with E-state index < -0.39 is 0 Å². The predicted molar refractivity (Wildman–Crippen MR) is 77.6 cm³/mol. The van der Waals surface area contributed by atoms with Crippen LogP contribution in [0.25, 0.3) is 0 Å². The number of nitrogens with one attached hydrogen (secondary N) is 1. The first-order chi connectivity index (χ1) is 9.76. The molecule has 0 radical (unpaired) electrons. The van der Waals surface area contributed by atoms with Crippen molar-refractivity contribution in [2.45, 2.75) is 13.0 Å². The van der Waals surface area contributed by atoms with Crippen LogP contribution in [0.1, 0.15) is 18.5 Å². The van der Waals surface area contributed by atoms with Gasteiger partial charge in [0.25, 0.3) is 0 Å². The summed E-state index contributed by atoms with van der Waals surface area (Å²) in [4.78, 5) is 0. The lowest BCUT2D eigenvalue weighted by Crippen LogP contribution is -2.06. The summed E-state index contributed by atoms with van der Waals surface area (Å²) in [6.45, 7) is 2.42. The molecule has 1 unspecified atom stereocenters. The summed E-state index contributed by atoms with van der Waals surface area (Å²) in [6, 6.07) is 14.1. The molecule has 20 heavy (non-hydrogen) atoms. The molecule has 0 amide bonds. The summed E-state index contributed by atoms with van der Waals surface area (Å²) in [5.41, 5.74) is 2.21. The van der Waals surface area contributed by atoms with E-state index in [0.717, 1.165) is 28.5 Å². The highest BCUT2D eigenvalue weighted by molar-refractivity contribution is 5.50. The van der Waals surface area contributed by atoms with Crippen LogP contribution in [0.15, 0.2) is 42.5 Å². The van der Waals surface area contributed by atoms with Crippen LogP contribution in [0, 0.1) is 0 Å². The predicted octanol–water partition coefficient (Wildman–Crippen LogP) is 3.60. The van der Waals surface area contributed by atoms with Crippen molar-refractivity contribution in [3.63, 3.8) is 0 Å². The zero-order valence-corrected chi connectivity index (χ0v) is 11.6. The molecule has 3 rings (SSSR count). The third kappa shape index (κ3) is 2.50. The van der Waals surface area contributed by atoms with E-state index >= 15 is 0 Å². The lowest BCUT2D eigenvalue weighted by Gasteiger charge is -2.16. The Morgan fingerprint density at radius 1 is 1.05 bits per heavy atom.